The molecule has 2 aromatic rings. The topological polar surface area (TPSA) is 48.7 Å². The first-order valence-corrected chi connectivity index (χ1v) is 6.49. The van der Waals surface area contributed by atoms with Crippen LogP contribution in [0.2, 0.25) is 0 Å². The van der Waals surface area contributed by atoms with Crippen molar-refractivity contribution in [3.05, 3.63) is 33.9 Å². The smallest absolute Gasteiger partial charge is 0.150 e. The lowest BCUT2D eigenvalue weighted by molar-refractivity contribution is 0.610. The molecule has 0 saturated heterocycles. The number of halogens is 3. The van der Waals surface area contributed by atoms with E-state index in [0.29, 0.717) is 6.54 Å². The van der Waals surface area contributed by atoms with Crippen molar-refractivity contribution < 1.29 is 8.78 Å². The van der Waals surface area contributed by atoms with Crippen LogP contribution in [-0.2, 0) is 0 Å². The highest BCUT2D eigenvalue weighted by molar-refractivity contribution is 9.10. The monoisotopic (exact) mass is 325 g/mol. The van der Waals surface area contributed by atoms with E-state index in [-0.39, 0.29) is 26.6 Å². The zero-order valence-electron chi connectivity index (χ0n) is 10.1. The van der Waals surface area contributed by atoms with E-state index < -0.39 is 11.6 Å². The Morgan fingerprint density at radius 2 is 2.21 bits per heavy atom. The summed E-state index contributed by atoms with van der Waals surface area (Å²) in [6, 6.07) is 2.96. The van der Waals surface area contributed by atoms with Gasteiger partial charge in [0, 0.05) is 12.7 Å². The first-order chi connectivity index (χ1) is 9.10. The van der Waals surface area contributed by atoms with Crippen molar-refractivity contribution in [2.45, 2.75) is 13.3 Å². The van der Waals surface area contributed by atoms with Crippen molar-refractivity contribution in [1.29, 1.82) is 5.26 Å². The molecule has 0 radical (unpaired) electrons. The van der Waals surface area contributed by atoms with Gasteiger partial charge in [-0.05, 0) is 28.4 Å². The predicted molar refractivity (Wildman–Crippen MR) is 72.9 cm³/mol. The van der Waals surface area contributed by atoms with Crippen molar-refractivity contribution in [3.63, 3.8) is 0 Å². The highest BCUT2D eigenvalue weighted by atomic mass is 79.9. The number of hydrogen-bond acceptors (Lipinski definition) is 3. The van der Waals surface area contributed by atoms with Gasteiger partial charge in [0.05, 0.1) is 21.1 Å². The third kappa shape index (κ3) is 2.38. The van der Waals surface area contributed by atoms with Gasteiger partial charge in [0.15, 0.2) is 5.82 Å². The number of pyridine rings is 1. The number of hydrogen-bond donors (Lipinski definition) is 1. The van der Waals surface area contributed by atoms with Gasteiger partial charge in [0.1, 0.15) is 17.4 Å². The number of rotatable bonds is 3. The zero-order chi connectivity index (χ0) is 14.0. The van der Waals surface area contributed by atoms with E-state index in [1.54, 1.807) is 0 Å². The molecule has 1 aromatic carbocycles. The Bertz CT molecular complexity index is 680. The minimum Gasteiger partial charge on any atom is -0.383 e. The number of benzene rings is 1. The van der Waals surface area contributed by atoms with Gasteiger partial charge < -0.3 is 5.32 Å². The number of nitrogens with zero attached hydrogens (tertiary/aromatic N) is 2. The van der Waals surface area contributed by atoms with Gasteiger partial charge in [-0.1, -0.05) is 6.92 Å². The first-order valence-electron chi connectivity index (χ1n) is 5.70. The average molecular weight is 326 g/mol. The van der Waals surface area contributed by atoms with E-state index in [0.717, 1.165) is 12.5 Å². The normalized spacial score (nSPS) is 10.5. The average Bonchev–Trinajstić information content (AvgIpc) is 2.41. The fourth-order valence-electron chi connectivity index (χ4n) is 1.79. The van der Waals surface area contributed by atoms with Crippen LogP contribution in [0.15, 0.2) is 16.7 Å². The highest BCUT2D eigenvalue weighted by Gasteiger charge is 2.18. The Morgan fingerprint density at radius 1 is 1.47 bits per heavy atom. The summed E-state index contributed by atoms with van der Waals surface area (Å²) >= 11 is 2.96. The molecule has 0 saturated carbocycles. The molecule has 1 aromatic heterocycles. The third-order valence-electron chi connectivity index (χ3n) is 2.66. The second-order valence-electron chi connectivity index (χ2n) is 3.96. The van der Waals surface area contributed by atoms with E-state index in [4.69, 9.17) is 5.26 Å². The Hall–Kier alpha value is -1.74. The van der Waals surface area contributed by atoms with Gasteiger partial charge in [-0.25, -0.2) is 8.78 Å². The number of aromatic nitrogens is 1. The summed E-state index contributed by atoms with van der Waals surface area (Å²) in [5, 5.41) is 12.0. The Labute approximate surface area is 117 Å². The molecule has 0 aliphatic heterocycles. The third-order valence-corrected chi connectivity index (χ3v) is 3.24. The highest BCUT2D eigenvalue weighted by Crippen LogP contribution is 2.33. The molecule has 2 rings (SSSR count). The largest absolute Gasteiger partial charge is 0.383 e. The summed E-state index contributed by atoms with van der Waals surface area (Å²) in [6.45, 7) is 2.50. The zero-order valence-corrected chi connectivity index (χ0v) is 11.7. The number of fused-ring (bicyclic) bond motifs is 1. The number of nitriles is 1. The van der Waals surface area contributed by atoms with Crippen molar-refractivity contribution in [2.24, 2.45) is 0 Å². The minimum absolute atomic E-state index is 0.000579. The van der Waals surface area contributed by atoms with Crippen LogP contribution in [-0.4, -0.2) is 11.5 Å². The van der Waals surface area contributed by atoms with Crippen LogP contribution >= 0.6 is 15.9 Å². The summed E-state index contributed by atoms with van der Waals surface area (Å²) in [6.07, 6.45) is 2.05. The van der Waals surface area contributed by atoms with Crippen molar-refractivity contribution in [1.82, 2.24) is 4.98 Å². The quantitative estimate of drug-likeness (QED) is 0.868. The lowest BCUT2D eigenvalue weighted by Crippen LogP contribution is -2.05. The van der Waals surface area contributed by atoms with Crippen LogP contribution in [0.5, 0.6) is 0 Å². The van der Waals surface area contributed by atoms with Crippen molar-refractivity contribution in [2.75, 3.05) is 11.9 Å². The molecule has 0 amide bonds. The van der Waals surface area contributed by atoms with E-state index in [9.17, 15) is 8.78 Å². The van der Waals surface area contributed by atoms with E-state index in [1.165, 1.54) is 6.20 Å². The van der Waals surface area contributed by atoms with E-state index in [2.05, 4.69) is 26.2 Å². The summed E-state index contributed by atoms with van der Waals surface area (Å²) in [4.78, 5) is 3.82. The molecule has 0 aliphatic carbocycles. The fraction of sp³-hybridized carbons (Fsp3) is 0.231. The Balaban J connectivity index is 2.83. The molecule has 3 nitrogen and oxygen atoms in total. The molecule has 0 fully saturated rings. The van der Waals surface area contributed by atoms with Crippen LogP contribution in [0.1, 0.15) is 18.9 Å². The molecule has 0 atom stereocenters. The molecular weight excluding hydrogens is 316 g/mol. The molecule has 6 heteroatoms. The summed E-state index contributed by atoms with van der Waals surface area (Å²) in [5.74, 6) is -1.26. The molecule has 1 heterocycles. The van der Waals surface area contributed by atoms with Crippen molar-refractivity contribution in [3.8, 4) is 6.07 Å². The molecule has 0 aliphatic rings. The van der Waals surface area contributed by atoms with Crippen LogP contribution < -0.4 is 5.32 Å². The van der Waals surface area contributed by atoms with Gasteiger partial charge in [0.25, 0.3) is 0 Å². The molecule has 0 spiro atoms. The van der Waals surface area contributed by atoms with E-state index >= 15 is 0 Å². The second-order valence-corrected chi connectivity index (χ2v) is 4.82. The predicted octanol–water partition coefficient (Wildman–Crippen LogP) is 3.97. The minimum atomic E-state index is -0.632. The molecule has 1 N–H and O–H groups in total. The van der Waals surface area contributed by atoms with E-state index in [1.807, 2.05) is 13.0 Å². The van der Waals surface area contributed by atoms with Gasteiger partial charge >= 0.3 is 0 Å². The maximum absolute atomic E-state index is 14.2. The number of anilines is 1. The Morgan fingerprint density at radius 3 is 2.84 bits per heavy atom. The first kappa shape index (κ1) is 13.7. The molecule has 0 unspecified atom stereocenters. The lowest BCUT2D eigenvalue weighted by Gasteiger charge is -2.12. The lowest BCUT2D eigenvalue weighted by atomic mass is 10.1. The van der Waals surface area contributed by atoms with Gasteiger partial charge in [-0.3, -0.25) is 4.98 Å². The van der Waals surface area contributed by atoms with Gasteiger partial charge in [-0.15, -0.1) is 0 Å². The molecule has 98 valence electrons. The van der Waals surface area contributed by atoms with Gasteiger partial charge in [-0.2, -0.15) is 5.26 Å². The van der Waals surface area contributed by atoms with Crippen molar-refractivity contribution >= 4 is 32.5 Å². The van der Waals surface area contributed by atoms with Crippen LogP contribution in [0.25, 0.3) is 10.9 Å². The second kappa shape index (κ2) is 5.49. The summed E-state index contributed by atoms with van der Waals surface area (Å²) in [7, 11) is 0. The summed E-state index contributed by atoms with van der Waals surface area (Å²) < 4.78 is 28.0. The van der Waals surface area contributed by atoms with Gasteiger partial charge in [0.2, 0.25) is 0 Å². The summed E-state index contributed by atoms with van der Waals surface area (Å²) in [5.41, 5.74) is 0.391. The fourth-order valence-corrected chi connectivity index (χ4v) is 2.19. The maximum Gasteiger partial charge on any atom is 0.150 e. The molecular formula is C13H10BrF2N3. The molecule has 0 bridgehead atoms. The molecule has 19 heavy (non-hydrogen) atoms. The van der Waals surface area contributed by atoms with Crippen LogP contribution in [0.4, 0.5) is 14.5 Å². The Kier molecular flexibility index (Phi) is 3.96. The standard InChI is InChI=1S/C13H10BrF2N3/c1-2-3-18-12-7(5-17)6-19-13-9(15)4-8(14)11(16)10(12)13/h4,6H,2-3H2,1H3,(H,18,19). The maximum atomic E-state index is 14.2. The number of nitrogens with one attached hydrogen (secondary N) is 1. The van der Waals surface area contributed by atoms with Crippen LogP contribution in [0, 0.1) is 23.0 Å². The SMILES string of the molecule is CCCNc1c(C#N)cnc2c(F)cc(Br)c(F)c12. The van der Waals surface area contributed by atoms with Crippen LogP contribution in [0.3, 0.4) is 0 Å².